The van der Waals surface area contributed by atoms with Crippen LogP contribution in [0, 0.1) is 6.92 Å². The molecule has 1 aromatic carbocycles. The van der Waals surface area contributed by atoms with Gasteiger partial charge in [0.25, 0.3) is 11.7 Å². The van der Waals surface area contributed by atoms with Crippen LogP contribution in [0.3, 0.4) is 0 Å². The van der Waals surface area contributed by atoms with Crippen LogP contribution in [-0.4, -0.2) is 73.1 Å². The van der Waals surface area contributed by atoms with E-state index in [4.69, 9.17) is 13.9 Å². The molecule has 164 valence electrons. The highest BCUT2D eigenvalue weighted by molar-refractivity contribution is 6.46. The van der Waals surface area contributed by atoms with Gasteiger partial charge in [-0.2, -0.15) is 0 Å². The number of methoxy groups -OCH3 is 1. The van der Waals surface area contributed by atoms with E-state index in [2.05, 4.69) is 4.90 Å². The van der Waals surface area contributed by atoms with Crippen molar-refractivity contribution in [3.05, 3.63) is 59.1 Å². The van der Waals surface area contributed by atoms with Crippen LogP contribution in [0.25, 0.3) is 5.76 Å². The second-order valence-electron chi connectivity index (χ2n) is 7.63. The average molecular weight is 426 g/mol. The van der Waals surface area contributed by atoms with Gasteiger partial charge in [0, 0.05) is 31.7 Å². The van der Waals surface area contributed by atoms with Gasteiger partial charge in [0.1, 0.15) is 29.1 Å². The Morgan fingerprint density at radius 2 is 1.94 bits per heavy atom. The molecule has 0 aliphatic carbocycles. The molecule has 8 heteroatoms. The van der Waals surface area contributed by atoms with Gasteiger partial charge in [-0.05, 0) is 31.2 Å². The summed E-state index contributed by atoms with van der Waals surface area (Å²) >= 11 is 0. The van der Waals surface area contributed by atoms with Crippen molar-refractivity contribution in [2.45, 2.75) is 13.0 Å². The van der Waals surface area contributed by atoms with E-state index in [-0.39, 0.29) is 11.3 Å². The van der Waals surface area contributed by atoms with Crippen molar-refractivity contribution in [2.24, 2.45) is 0 Å². The number of ether oxygens (including phenoxy) is 2. The Hall–Kier alpha value is -3.10. The maximum absolute atomic E-state index is 13.0. The van der Waals surface area contributed by atoms with Crippen LogP contribution in [0.5, 0.6) is 5.75 Å². The van der Waals surface area contributed by atoms with E-state index in [1.165, 1.54) is 12.0 Å². The summed E-state index contributed by atoms with van der Waals surface area (Å²) in [5, 5.41) is 11.1. The third-order valence-electron chi connectivity index (χ3n) is 5.67. The van der Waals surface area contributed by atoms with E-state index >= 15 is 0 Å². The number of aryl methyl sites for hydroxylation is 1. The maximum Gasteiger partial charge on any atom is 0.295 e. The lowest BCUT2D eigenvalue weighted by Gasteiger charge is -2.30. The summed E-state index contributed by atoms with van der Waals surface area (Å²) in [6, 6.07) is 9.49. The number of likely N-dealkylation sites (tertiary alicyclic amines) is 1. The topological polar surface area (TPSA) is 92.5 Å². The van der Waals surface area contributed by atoms with Crippen LogP contribution in [-0.2, 0) is 14.3 Å². The average Bonchev–Trinajstić information content (AvgIpc) is 3.33. The number of Topliss-reactive ketones (excluding diaryl/α,β-unsaturated/α-hetero) is 1. The third kappa shape index (κ3) is 4.22. The van der Waals surface area contributed by atoms with Crippen molar-refractivity contribution in [3.8, 4) is 5.75 Å². The van der Waals surface area contributed by atoms with Crippen LogP contribution >= 0.6 is 0 Å². The second kappa shape index (κ2) is 8.95. The highest BCUT2D eigenvalue weighted by atomic mass is 16.5. The summed E-state index contributed by atoms with van der Waals surface area (Å²) in [7, 11) is 1.52. The minimum absolute atomic E-state index is 0.0228. The summed E-state index contributed by atoms with van der Waals surface area (Å²) in [6.07, 6.45) is 0. The minimum Gasteiger partial charge on any atom is -0.507 e. The number of benzene rings is 1. The monoisotopic (exact) mass is 426 g/mol. The number of rotatable bonds is 6. The molecule has 31 heavy (non-hydrogen) atoms. The molecule has 8 nitrogen and oxygen atoms in total. The first-order valence-electron chi connectivity index (χ1n) is 10.3. The summed E-state index contributed by atoms with van der Waals surface area (Å²) in [6.45, 7) is 5.59. The van der Waals surface area contributed by atoms with Crippen LogP contribution in [0.15, 0.2) is 46.4 Å². The molecule has 0 bridgehead atoms. The number of nitrogens with zero attached hydrogens (tertiary/aromatic N) is 2. The Balaban J connectivity index is 1.72. The van der Waals surface area contributed by atoms with Crippen molar-refractivity contribution in [3.63, 3.8) is 0 Å². The van der Waals surface area contributed by atoms with Gasteiger partial charge < -0.3 is 23.9 Å². The normalized spacial score (nSPS) is 21.6. The zero-order chi connectivity index (χ0) is 22.0. The Labute approximate surface area is 180 Å². The molecule has 2 aliphatic rings. The predicted molar refractivity (Wildman–Crippen MR) is 113 cm³/mol. The van der Waals surface area contributed by atoms with Gasteiger partial charge in [-0.1, -0.05) is 12.1 Å². The summed E-state index contributed by atoms with van der Waals surface area (Å²) in [5.41, 5.74) is 0.424. The lowest BCUT2D eigenvalue weighted by atomic mass is 9.99. The van der Waals surface area contributed by atoms with E-state index in [0.29, 0.717) is 49.1 Å². The molecule has 4 rings (SSSR count). The number of amides is 1. The van der Waals surface area contributed by atoms with Crippen molar-refractivity contribution in [1.82, 2.24) is 9.80 Å². The zero-order valence-electron chi connectivity index (χ0n) is 17.7. The molecule has 3 heterocycles. The van der Waals surface area contributed by atoms with E-state index < -0.39 is 17.7 Å². The first-order chi connectivity index (χ1) is 15.0. The standard InChI is InChI=1S/C23H26N2O6/c1-15-6-7-18(31-15)20-19(21(26)16-4-3-5-17(14-16)29-2)22(27)23(28)25(20)9-8-24-10-12-30-13-11-24/h3-7,14,20,26H,8-13H2,1-2H3. The summed E-state index contributed by atoms with van der Waals surface area (Å²) < 4.78 is 16.4. The quantitative estimate of drug-likeness (QED) is 0.431. The lowest BCUT2D eigenvalue weighted by Crippen LogP contribution is -2.42. The molecule has 2 saturated heterocycles. The van der Waals surface area contributed by atoms with Crippen LogP contribution < -0.4 is 4.74 Å². The van der Waals surface area contributed by atoms with Crippen molar-refractivity contribution in [2.75, 3.05) is 46.5 Å². The fourth-order valence-electron chi connectivity index (χ4n) is 4.01. The number of morpholine rings is 1. The van der Waals surface area contributed by atoms with E-state index in [1.54, 1.807) is 43.3 Å². The molecule has 0 saturated carbocycles. The van der Waals surface area contributed by atoms with Gasteiger partial charge in [0.05, 0.1) is 25.9 Å². The smallest absolute Gasteiger partial charge is 0.295 e. The molecule has 1 unspecified atom stereocenters. The van der Waals surface area contributed by atoms with Crippen LogP contribution in [0.2, 0.25) is 0 Å². The number of aliphatic hydroxyl groups excluding tert-OH is 1. The number of furan rings is 1. The van der Waals surface area contributed by atoms with Crippen molar-refractivity contribution < 1.29 is 28.6 Å². The van der Waals surface area contributed by atoms with Crippen LogP contribution in [0.1, 0.15) is 23.1 Å². The van der Waals surface area contributed by atoms with E-state index in [0.717, 1.165) is 13.1 Å². The molecule has 2 aromatic rings. The fraction of sp³-hybridized carbons (Fsp3) is 0.391. The van der Waals surface area contributed by atoms with E-state index in [9.17, 15) is 14.7 Å². The third-order valence-corrected chi connectivity index (χ3v) is 5.67. The molecule has 1 amide bonds. The Morgan fingerprint density at radius 1 is 1.16 bits per heavy atom. The number of hydrogen-bond acceptors (Lipinski definition) is 7. The SMILES string of the molecule is COc1cccc(C(O)=C2C(=O)C(=O)N(CCN3CCOCC3)C2c2ccc(C)o2)c1. The molecule has 1 N–H and O–H groups in total. The molecule has 1 aromatic heterocycles. The molecule has 0 radical (unpaired) electrons. The number of aliphatic hydroxyl groups is 1. The molecular weight excluding hydrogens is 400 g/mol. The zero-order valence-corrected chi connectivity index (χ0v) is 17.7. The van der Waals surface area contributed by atoms with Gasteiger partial charge in [0.15, 0.2) is 0 Å². The second-order valence-corrected chi connectivity index (χ2v) is 7.63. The highest BCUT2D eigenvalue weighted by Gasteiger charge is 2.47. The van der Waals surface area contributed by atoms with E-state index in [1.807, 2.05) is 0 Å². The first kappa shape index (κ1) is 21.1. The Morgan fingerprint density at radius 3 is 2.61 bits per heavy atom. The van der Waals surface area contributed by atoms with Crippen LogP contribution in [0.4, 0.5) is 0 Å². The Bertz CT molecular complexity index is 1010. The van der Waals surface area contributed by atoms with Crippen molar-refractivity contribution in [1.29, 1.82) is 0 Å². The minimum atomic E-state index is -0.791. The molecule has 1 atom stereocenters. The number of carbonyl (C=O) groups excluding carboxylic acids is 2. The summed E-state index contributed by atoms with van der Waals surface area (Å²) in [4.78, 5) is 29.6. The highest BCUT2D eigenvalue weighted by Crippen LogP contribution is 2.40. The predicted octanol–water partition coefficient (Wildman–Crippen LogP) is 2.35. The van der Waals surface area contributed by atoms with Crippen molar-refractivity contribution >= 4 is 17.4 Å². The molecule has 2 fully saturated rings. The van der Waals surface area contributed by atoms with Gasteiger partial charge in [0.2, 0.25) is 0 Å². The molecule has 0 spiro atoms. The lowest BCUT2D eigenvalue weighted by molar-refractivity contribution is -0.140. The van der Waals surface area contributed by atoms with Gasteiger partial charge >= 0.3 is 0 Å². The molecule has 2 aliphatic heterocycles. The molecular formula is C23H26N2O6. The number of hydrogen-bond donors (Lipinski definition) is 1. The fourth-order valence-corrected chi connectivity index (χ4v) is 4.01. The van der Waals surface area contributed by atoms with Gasteiger partial charge in [-0.3, -0.25) is 14.5 Å². The number of ketones is 1. The van der Waals surface area contributed by atoms with Gasteiger partial charge in [-0.15, -0.1) is 0 Å². The summed E-state index contributed by atoms with van der Waals surface area (Å²) in [5.74, 6) is 0.0394. The van der Waals surface area contributed by atoms with Gasteiger partial charge in [-0.25, -0.2) is 0 Å². The maximum atomic E-state index is 13.0. The largest absolute Gasteiger partial charge is 0.507 e. The number of carbonyl (C=O) groups is 2. The Kier molecular flexibility index (Phi) is 6.11. The first-order valence-corrected chi connectivity index (χ1v) is 10.3.